The molecule has 0 saturated heterocycles. The van der Waals surface area contributed by atoms with Crippen molar-refractivity contribution in [1.29, 1.82) is 0 Å². The van der Waals surface area contributed by atoms with Crippen LogP contribution >= 0.6 is 15.9 Å². The van der Waals surface area contributed by atoms with Crippen molar-refractivity contribution in [3.8, 4) is 11.3 Å². The van der Waals surface area contributed by atoms with Crippen LogP contribution in [-0.4, -0.2) is 14.5 Å². The molecule has 0 bridgehead atoms. The summed E-state index contributed by atoms with van der Waals surface area (Å²) in [6.45, 7) is 4.90. The quantitative estimate of drug-likeness (QED) is 0.328. The Morgan fingerprint density at radius 2 is 1.97 bits per heavy atom. The zero-order valence-corrected chi connectivity index (χ0v) is 18.4. The maximum atomic E-state index is 6.16. The lowest BCUT2D eigenvalue weighted by Gasteiger charge is -2.08. The van der Waals surface area contributed by atoms with Crippen molar-refractivity contribution in [2.75, 3.05) is 5.73 Å². The number of furan rings is 1. The van der Waals surface area contributed by atoms with Gasteiger partial charge in [0.15, 0.2) is 11.4 Å². The average molecular weight is 461 g/mol. The summed E-state index contributed by atoms with van der Waals surface area (Å²) < 4.78 is 9.24. The van der Waals surface area contributed by atoms with Crippen molar-refractivity contribution in [2.24, 2.45) is 0 Å². The molecule has 150 valence electrons. The fraction of sp³-hybridized carbons (Fsp3) is 0.167. The highest BCUT2D eigenvalue weighted by Gasteiger charge is 2.17. The molecule has 0 aliphatic rings. The number of anilines is 1. The van der Waals surface area contributed by atoms with E-state index in [1.54, 1.807) is 0 Å². The molecule has 3 aromatic heterocycles. The molecule has 0 amide bonds. The van der Waals surface area contributed by atoms with Crippen LogP contribution in [0.4, 0.5) is 5.69 Å². The van der Waals surface area contributed by atoms with Crippen LogP contribution in [0.3, 0.4) is 0 Å². The van der Waals surface area contributed by atoms with Crippen molar-refractivity contribution in [2.45, 2.75) is 26.8 Å². The first kappa shape index (κ1) is 18.9. The molecule has 6 heteroatoms. The summed E-state index contributed by atoms with van der Waals surface area (Å²) in [4.78, 5) is 9.42. The van der Waals surface area contributed by atoms with Gasteiger partial charge in [-0.3, -0.25) is 0 Å². The van der Waals surface area contributed by atoms with Gasteiger partial charge < -0.3 is 14.7 Å². The van der Waals surface area contributed by atoms with E-state index < -0.39 is 0 Å². The van der Waals surface area contributed by atoms with E-state index in [9.17, 15) is 0 Å². The van der Waals surface area contributed by atoms with Crippen LogP contribution in [0.15, 0.2) is 63.6 Å². The summed E-state index contributed by atoms with van der Waals surface area (Å²) in [6, 6.07) is 16.0. The largest absolute Gasteiger partial charge is 0.455 e. The Kier molecular flexibility index (Phi) is 4.59. The monoisotopic (exact) mass is 460 g/mol. The second-order valence-corrected chi connectivity index (χ2v) is 8.22. The molecule has 0 saturated carbocycles. The molecule has 5 rings (SSSR count). The molecule has 0 unspecified atom stereocenters. The zero-order chi connectivity index (χ0) is 20.8. The predicted octanol–water partition coefficient (Wildman–Crippen LogP) is 6.11. The van der Waals surface area contributed by atoms with Crippen molar-refractivity contribution in [3.63, 3.8) is 0 Å². The van der Waals surface area contributed by atoms with E-state index in [4.69, 9.17) is 15.1 Å². The second-order valence-electron chi connectivity index (χ2n) is 7.43. The molecule has 0 aliphatic heterocycles. The number of aromatic nitrogens is 3. The molecule has 5 nitrogen and oxygen atoms in total. The summed E-state index contributed by atoms with van der Waals surface area (Å²) in [6.07, 6.45) is 2.70. The van der Waals surface area contributed by atoms with Crippen LogP contribution in [0.25, 0.3) is 33.5 Å². The van der Waals surface area contributed by atoms with E-state index in [1.807, 2.05) is 42.6 Å². The van der Waals surface area contributed by atoms with Crippen LogP contribution in [0.5, 0.6) is 0 Å². The van der Waals surface area contributed by atoms with Crippen molar-refractivity contribution >= 4 is 43.8 Å². The van der Waals surface area contributed by atoms with Crippen molar-refractivity contribution in [3.05, 3.63) is 76.2 Å². The van der Waals surface area contributed by atoms with Gasteiger partial charge >= 0.3 is 0 Å². The number of para-hydroxylation sites is 1. The highest BCUT2D eigenvalue weighted by molar-refractivity contribution is 9.10. The number of fused-ring (bicyclic) bond motifs is 2. The minimum absolute atomic E-state index is 0.691. The molecule has 0 fully saturated rings. The van der Waals surface area contributed by atoms with Gasteiger partial charge in [-0.1, -0.05) is 25.1 Å². The number of hydrogen-bond donors (Lipinski definition) is 1. The Morgan fingerprint density at radius 3 is 2.77 bits per heavy atom. The number of nitrogens with zero attached hydrogens (tertiary/aromatic N) is 3. The van der Waals surface area contributed by atoms with E-state index in [0.717, 1.165) is 61.3 Å². The molecular formula is C24H21BrN4O. The molecule has 2 aromatic carbocycles. The van der Waals surface area contributed by atoms with Gasteiger partial charge in [-0.2, -0.15) is 0 Å². The summed E-state index contributed by atoms with van der Waals surface area (Å²) in [5.74, 6) is 1.79. The molecule has 30 heavy (non-hydrogen) atoms. The lowest BCUT2D eigenvalue weighted by molar-refractivity contribution is 0.630. The third-order valence-electron chi connectivity index (χ3n) is 5.47. The smallest absolute Gasteiger partial charge is 0.160 e. The van der Waals surface area contributed by atoms with E-state index in [-0.39, 0.29) is 0 Å². The first-order valence-corrected chi connectivity index (χ1v) is 10.7. The maximum Gasteiger partial charge on any atom is 0.160 e. The lowest BCUT2D eigenvalue weighted by Crippen LogP contribution is -2.05. The SMILES string of the molecule is CCc1nc2c(C)ccnc2n1Cc1ccc2oc(-c3ccccc3N)c(Br)c2c1. The number of imidazole rings is 1. The average Bonchev–Trinajstić information content (AvgIpc) is 3.27. The molecule has 0 radical (unpaired) electrons. The Morgan fingerprint density at radius 1 is 1.13 bits per heavy atom. The van der Waals surface area contributed by atoms with Gasteiger partial charge in [-0.25, -0.2) is 9.97 Å². The Labute approximate surface area is 182 Å². The lowest BCUT2D eigenvalue weighted by atomic mass is 10.1. The van der Waals surface area contributed by atoms with E-state index in [1.165, 1.54) is 0 Å². The summed E-state index contributed by atoms with van der Waals surface area (Å²) in [5.41, 5.74) is 12.8. The van der Waals surface area contributed by atoms with Gasteiger partial charge in [0.05, 0.1) is 11.0 Å². The van der Waals surface area contributed by atoms with Gasteiger partial charge in [-0.05, 0) is 64.3 Å². The molecule has 3 heterocycles. The summed E-state index contributed by atoms with van der Waals surface area (Å²) >= 11 is 3.73. The molecule has 0 spiro atoms. The molecule has 0 atom stereocenters. The third-order valence-corrected chi connectivity index (χ3v) is 6.26. The first-order chi connectivity index (χ1) is 14.6. The van der Waals surface area contributed by atoms with Crippen LogP contribution in [0, 0.1) is 6.92 Å². The van der Waals surface area contributed by atoms with E-state index in [2.05, 4.69) is 51.5 Å². The predicted molar refractivity (Wildman–Crippen MR) is 125 cm³/mol. The number of benzene rings is 2. The fourth-order valence-corrected chi connectivity index (χ4v) is 4.50. The van der Waals surface area contributed by atoms with Crippen molar-refractivity contribution in [1.82, 2.24) is 14.5 Å². The second kappa shape index (κ2) is 7.29. The molecule has 2 N–H and O–H groups in total. The van der Waals surface area contributed by atoms with E-state index in [0.29, 0.717) is 12.2 Å². The van der Waals surface area contributed by atoms with Crippen LogP contribution < -0.4 is 5.73 Å². The first-order valence-electron chi connectivity index (χ1n) is 9.93. The number of pyridine rings is 1. The van der Waals surface area contributed by atoms with Crippen LogP contribution in [0.1, 0.15) is 23.9 Å². The Balaban J connectivity index is 1.60. The highest BCUT2D eigenvalue weighted by Crippen LogP contribution is 2.40. The standard InChI is InChI=1S/C24H21BrN4O/c1-3-20-28-22-14(2)10-11-27-24(22)29(20)13-15-8-9-19-17(12-15)21(25)23(30-19)16-6-4-5-7-18(16)26/h4-12H,3,13,26H2,1-2H3. The summed E-state index contributed by atoms with van der Waals surface area (Å²) in [7, 11) is 0. The highest BCUT2D eigenvalue weighted by atomic mass is 79.9. The number of nitrogens with two attached hydrogens (primary N) is 1. The molecular weight excluding hydrogens is 440 g/mol. The number of halogens is 1. The minimum Gasteiger partial charge on any atom is -0.455 e. The van der Waals surface area contributed by atoms with Gasteiger partial charge in [0, 0.05) is 29.3 Å². The number of aryl methyl sites for hydroxylation is 2. The van der Waals surface area contributed by atoms with Gasteiger partial charge in [0.1, 0.15) is 16.9 Å². The molecule has 5 aromatic rings. The normalized spacial score (nSPS) is 11.6. The maximum absolute atomic E-state index is 6.16. The minimum atomic E-state index is 0.691. The fourth-order valence-electron chi connectivity index (χ4n) is 3.89. The van der Waals surface area contributed by atoms with Crippen LogP contribution in [-0.2, 0) is 13.0 Å². The van der Waals surface area contributed by atoms with Crippen molar-refractivity contribution < 1.29 is 4.42 Å². The Bertz CT molecular complexity index is 1400. The number of nitrogen functional groups attached to an aromatic ring is 1. The van der Waals surface area contributed by atoms with Crippen LogP contribution in [0.2, 0.25) is 0 Å². The number of rotatable bonds is 4. The zero-order valence-electron chi connectivity index (χ0n) is 16.8. The van der Waals surface area contributed by atoms with E-state index >= 15 is 0 Å². The third kappa shape index (κ3) is 2.99. The van der Waals surface area contributed by atoms with Gasteiger partial charge in [0.2, 0.25) is 0 Å². The van der Waals surface area contributed by atoms with Gasteiger partial charge in [-0.15, -0.1) is 0 Å². The number of hydrogen-bond acceptors (Lipinski definition) is 4. The Hall–Kier alpha value is -3.12. The topological polar surface area (TPSA) is 69.9 Å². The molecule has 0 aliphatic carbocycles. The van der Waals surface area contributed by atoms with Gasteiger partial charge in [0.25, 0.3) is 0 Å². The summed E-state index contributed by atoms with van der Waals surface area (Å²) in [5, 5.41) is 1.03.